The molecule has 0 atom stereocenters. The third-order valence-electron chi connectivity index (χ3n) is 8.06. The Labute approximate surface area is 278 Å². The largest absolute Gasteiger partial charge is 0.481 e. The average molecular weight is 674 g/mol. The molecule has 1 N–H and O–H groups in total. The van der Waals surface area contributed by atoms with E-state index < -0.39 is 27.7 Å². The first kappa shape index (κ1) is 32.9. The summed E-state index contributed by atoms with van der Waals surface area (Å²) in [5.41, 5.74) is 3.91. The second kappa shape index (κ2) is 12.6. The number of aromatic nitrogens is 6. The van der Waals surface area contributed by atoms with E-state index in [-0.39, 0.29) is 29.6 Å². The summed E-state index contributed by atoms with van der Waals surface area (Å²) in [6, 6.07) is 8.61. The zero-order valence-electron chi connectivity index (χ0n) is 27.6. The summed E-state index contributed by atoms with van der Waals surface area (Å²) in [5, 5.41) is 18.7. The van der Waals surface area contributed by atoms with Crippen molar-refractivity contribution < 1.29 is 27.9 Å². The van der Waals surface area contributed by atoms with Gasteiger partial charge >= 0.3 is 12.1 Å². The molecule has 1 amide bonds. The number of rotatable bonds is 11. The minimum Gasteiger partial charge on any atom is -0.481 e. The lowest BCUT2D eigenvalue weighted by atomic mass is 10.0. The maximum atomic E-state index is 14.0. The summed E-state index contributed by atoms with van der Waals surface area (Å²) in [7, 11) is -2.22. The standard InChI is InChI=1S/C34H39N7O6S/c1-22-8-12-26(13-9-22)48(45,46)41-20-28(24-17-36-39(18-24)14-6-7-31(42)43)27-15-23(16-35-32(27)41)29-19-38(5)37-30(29)21-40(25-10-11-25)33(44)47-34(2,3)4/h8-9,12-13,15-20,25H,6-7,10-11,14,21H2,1-5H3,(H,42,43). The van der Waals surface area contributed by atoms with Crippen LogP contribution < -0.4 is 0 Å². The Bertz CT molecular complexity index is 2100. The van der Waals surface area contributed by atoms with E-state index in [1.807, 2.05) is 47.0 Å². The maximum Gasteiger partial charge on any atom is 0.410 e. The Morgan fingerprint density at radius 2 is 1.77 bits per heavy atom. The third-order valence-corrected chi connectivity index (χ3v) is 9.73. The topological polar surface area (TPSA) is 154 Å². The summed E-state index contributed by atoms with van der Waals surface area (Å²) in [5.74, 6) is -0.883. The van der Waals surface area contributed by atoms with Gasteiger partial charge in [0.2, 0.25) is 0 Å². The molecule has 0 spiro atoms. The quantitative estimate of drug-likeness (QED) is 0.188. The van der Waals surface area contributed by atoms with Crippen molar-refractivity contribution in [2.45, 2.75) is 83.0 Å². The zero-order chi connectivity index (χ0) is 34.4. The SMILES string of the molecule is Cc1ccc(S(=O)(=O)n2cc(-c3cnn(CCCC(=O)O)c3)c3cc(-c4cn(C)nc4CN(C(=O)OC(C)(C)C)C4CC4)cnc32)cc1. The third kappa shape index (κ3) is 6.98. The molecule has 48 heavy (non-hydrogen) atoms. The Hall–Kier alpha value is -4.98. The van der Waals surface area contributed by atoms with Gasteiger partial charge in [0.05, 0.1) is 23.3 Å². The molecule has 0 aliphatic heterocycles. The summed E-state index contributed by atoms with van der Waals surface area (Å²) in [6.07, 6.45) is 10.2. The molecule has 0 bridgehead atoms. The molecular formula is C34H39N7O6S. The lowest BCUT2D eigenvalue weighted by Crippen LogP contribution is -2.38. The van der Waals surface area contributed by atoms with E-state index in [1.165, 1.54) is 3.97 Å². The number of carboxylic acids is 1. The van der Waals surface area contributed by atoms with Crippen molar-refractivity contribution >= 4 is 33.1 Å². The van der Waals surface area contributed by atoms with E-state index in [1.54, 1.807) is 63.3 Å². The van der Waals surface area contributed by atoms with Crippen LogP contribution in [0.2, 0.25) is 0 Å². The second-order valence-electron chi connectivity index (χ2n) is 13.2. The van der Waals surface area contributed by atoms with Crippen LogP contribution in [0.15, 0.2) is 66.2 Å². The predicted octanol–water partition coefficient (Wildman–Crippen LogP) is 5.61. The molecule has 5 aromatic rings. The monoisotopic (exact) mass is 673 g/mol. The number of nitrogens with zero attached hydrogens (tertiary/aromatic N) is 7. The number of fused-ring (bicyclic) bond motifs is 1. The number of hydrogen-bond acceptors (Lipinski definition) is 8. The predicted molar refractivity (Wildman–Crippen MR) is 179 cm³/mol. The summed E-state index contributed by atoms with van der Waals surface area (Å²) in [4.78, 5) is 30.7. The van der Waals surface area contributed by atoms with E-state index in [9.17, 15) is 18.0 Å². The number of ether oxygens (including phenoxy) is 1. The van der Waals surface area contributed by atoms with Gasteiger partial charge in [0.25, 0.3) is 10.0 Å². The minimum absolute atomic E-state index is 0.0100. The smallest absolute Gasteiger partial charge is 0.410 e. The van der Waals surface area contributed by atoms with Crippen LogP contribution in [0.25, 0.3) is 33.3 Å². The van der Waals surface area contributed by atoms with E-state index in [0.717, 1.165) is 24.0 Å². The van der Waals surface area contributed by atoms with E-state index in [2.05, 4.69) is 5.10 Å². The van der Waals surface area contributed by atoms with Crippen molar-refractivity contribution in [2.75, 3.05) is 0 Å². The highest BCUT2D eigenvalue weighted by Crippen LogP contribution is 2.36. The van der Waals surface area contributed by atoms with Gasteiger partial charge < -0.3 is 9.84 Å². The molecule has 14 heteroatoms. The molecule has 4 aromatic heterocycles. The number of amides is 1. The molecule has 1 aromatic carbocycles. The number of carboxylic acid groups (broad SMARTS) is 1. The fourth-order valence-electron chi connectivity index (χ4n) is 5.58. The van der Waals surface area contributed by atoms with Crippen LogP contribution in [0, 0.1) is 6.92 Å². The van der Waals surface area contributed by atoms with E-state index >= 15 is 0 Å². The normalized spacial score (nSPS) is 13.6. The van der Waals surface area contributed by atoms with E-state index in [4.69, 9.17) is 19.9 Å². The number of pyridine rings is 1. The Balaban J connectivity index is 1.43. The van der Waals surface area contributed by atoms with Gasteiger partial charge in [0.1, 0.15) is 5.60 Å². The van der Waals surface area contributed by atoms with Crippen LogP contribution in [0.1, 0.15) is 57.7 Å². The number of carbonyl (C=O) groups excluding carboxylic acids is 1. The first-order chi connectivity index (χ1) is 22.7. The lowest BCUT2D eigenvalue weighted by molar-refractivity contribution is -0.137. The van der Waals surface area contributed by atoms with Gasteiger partial charge in [0, 0.05) is 78.5 Å². The van der Waals surface area contributed by atoms with Gasteiger partial charge in [-0.2, -0.15) is 10.2 Å². The van der Waals surface area contributed by atoms with Gasteiger partial charge in [-0.25, -0.2) is 22.2 Å². The van der Waals surface area contributed by atoms with Crippen LogP contribution in [0.3, 0.4) is 0 Å². The molecule has 0 saturated heterocycles. The number of aliphatic carboxylic acids is 1. The van der Waals surface area contributed by atoms with Crippen molar-refractivity contribution in [1.29, 1.82) is 0 Å². The number of carbonyl (C=O) groups is 2. The van der Waals surface area contributed by atoms with Crippen molar-refractivity contribution in [3.05, 3.63) is 72.6 Å². The second-order valence-corrected chi connectivity index (χ2v) is 15.1. The summed E-state index contributed by atoms with van der Waals surface area (Å²) in [6.45, 7) is 8.04. The fourth-order valence-corrected chi connectivity index (χ4v) is 6.91. The fraction of sp³-hybridized carbons (Fsp3) is 0.382. The lowest BCUT2D eigenvalue weighted by Gasteiger charge is -2.27. The highest BCUT2D eigenvalue weighted by molar-refractivity contribution is 7.90. The highest BCUT2D eigenvalue weighted by atomic mass is 32.2. The minimum atomic E-state index is -4.02. The van der Waals surface area contributed by atoms with Crippen LogP contribution in [-0.4, -0.2) is 70.6 Å². The summed E-state index contributed by atoms with van der Waals surface area (Å²) >= 11 is 0. The molecule has 1 saturated carbocycles. The van der Waals surface area contributed by atoms with Gasteiger partial charge in [-0.3, -0.25) is 19.1 Å². The molecule has 252 valence electrons. The number of hydrogen-bond donors (Lipinski definition) is 1. The van der Waals surface area contributed by atoms with Crippen molar-refractivity contribution in [3.8, 4) is 22.3 Å². The molecule has 4 heterocycles. The first-order valence-corrected chi connectivity index (χ1v) is 17.2. The Kier molecular flexibility index (Phi) is 8.62. The number of aryl methyl sites for hydroxylation is 3. The number of benzene rings is 1. The molecule has 1 aliphatic rings. The van der Waals surface area contributed by atoms with Gasteiger partial charge in [-0.1, -0.05) is 17.7 Å². The van der Waals surface area contributed by atoms with Crippen LogP contribution >= 0.6 is 0 Å². The van der Waals surface area contributed by atoms with Crippen molar-refractivity contribution in [1.82, 2.24) is 33.4 Å². The maximum absolute atomic E-state index is 14.0. The average Bonchev–Trinajstić information content (AvgIpc) is 3.43. The Morgan fingerprint density at radius 3 is 2.44 bits per heavy atom. The highest BCUT2D eigenvalue weighted by Gasteiger charge is 2.36. The molecule has 13 nitrogen and oxygen atoms in total. The van der Waals surface area contributed by atoms with Gasteiger partial charge in [-0.15, -0.1) is 0 Å². The molecule has 0 unspecified atom stereocenters. The van der Waals surface area contributed by atoms with Gasteiger partial charge in [0.15, 0.2) is 5.65 Å². The summed E-state index contributed by atoms with van der Waals surface area (Å²) < 4.78 is 38.2. The van der Waals surface area contributed by atoms with Crippen LogP contribution in [-0.2, 0) is 39.7 Å². The van der Waals surface area contributed by atoms with Crippen LogP contribution in [0.4, 0.5) is 4.79 Å². The zero-order valence-corrected chi connectivity index (χ0v) is 28.4. The first-order valence-electron chi connectivity index (χ1n) is 15.8. The Morgan fingerprint density at radius 1 is 1.04 bits per heavy atom. The van der Waals surface area contributed by atoms with E-state index in [0.29, 0.717) is 40.7 Å². The molecular weight excluding hydrogens is 634 g/mol. The van der Waals surface area contributed by atoms with Crippen molar-refractivity contribution in [2.24, 2.45) is 7.05 Å². The van der Waals surface area contributed by atoms with Crippen molar-refractivity contribution in [3.63, 3.8) is 0 Å². The molecule has 1 aliphatic carbocycles. The van der Waals surface area contributed by atoms with Gasteiger partial charge in [-0.05, 0) is 65.2 Å². The molecule has 6 rings (SSSR count). The molecule has 1 fully saturated rings. The van der Waals surface area contributed by atoms with Crippen LogP contribution in [0.5, 0.6) is 0 Å². The molecule has 0 radical (unpaired) electrons.